The molecule has 0 aliphatic rings. The van der Waals surface area contributed by atoms with Crippen LogP contribution in [-0.2, 0) is 16.6 Å². The summed E-state index contributed by atoms with van der Waals surface area (Å²) in [5, 5.41) is 7.55. The second-order valence-electron chi connectivity index (χ2n) is 8.24. The molecule has 0 saturated heterocycles. The molecule has 0 atom stereocenters. The van der Waals surface area contributed by atoms with Gasteiger partial charge in [-0.25, -0.2) is 21.8 Å². The molecule has 0 aliphatic carbocycles. The largest absolute Gasteiger partial charge is 0.348 e. The van der Waals surface area contributed by atoms with E-state index in [0.29, 0.717) is 16.8 Å². The van der Waals surface area contributed by atoms with Crippen LogP contribution in [0.1, 0.15) is 21.5 Å². The fraction of sp³-hybridized carbons (Fsp3) is 0.154. The summed E-state index contributed by atoms with van der Waals surface area (Å²) in [5.74, 6) is -0.759. The van der Waals surface area contributed by atoms with Gasteiger partial charge in [-0.15, -0.1) is 0 Å². The third-order valence-corrected chi connectivity index (χ3v) is 7.41. The minimum Gasteiger partial charge on any atom is -0.348 e. The molecule has 0 spiro atoms. The number of amides is 1. The van der Waals surface area contributed by atoms with Crippen LogP contribution >= 0.6 is 0 Å². The number of para-hydroxylation sites is 1. The third kappa shape index (κ3) is 5.16. The number of hydrogen-bond donors (Lipinski definition) is 1. The Hall–Kier alpha value is -3.82. The van der Waals surface area contributed by atoms with Crippen molar-refractivity contribution >= 4 is 15.9 Å². The van der Waals surface area contributed by atoms with Crippen molar-refractivity contribution in [1.82, 2.24) is 19.4 Å². The molecule has 4 aromatic rings. The van der Waals surface area contributed by atoms with Crippen LogP contribution in [-0.4, -0.2) is 42.5 Å². The first-order valence-corrected chi connectivity index (χ1v) is 12.3. The molecule has 0 fully saturated rings. The maximum Gasteiger partial charge on any atom is 0.251 e. The highest BCUT2D eigenvalue weighted by atomic mass is 32.2. The summed E-state index contributed by atoms with van der Waals surface area (Å²) in [6.45, 7) is 1.89. The Morgan fingerprint density at radius 3 is 2.37 bits per heavy atom. The van der Waals surface area contributed by atoms with E-state index >= 15 is 0 Å². The first-order chi connectivity index (χ1) is 16.7. The Labute approximate surface area is 203 Å². The molecule has 0 aliphatic heterocycles. The van der Waals surface area contributed by atoms with E-state index in [1.54, 1.807) is 29.8 Å². The minimum atomic E-state index is -3.68. The summed E-state index contributed by atoms with van der Waals surface area (Å²) in [4.78, 5) is 13.1. The summed E-state index contributed by atoms with van der Waals surface area (Å²) >= 11 is 0. The summed E-state index contributed by atoms with van der Waals surface area (Å²) in [7, 11) is -0.799. The van der Waals surface area contributed by atoms with Crippen molar-refractivity contribution in [3.8, 4) is 16.9 Å². The van der Waals surface area contributed by atoms with Gasteiger partial charge in [-0.2, -0.15) is 5.10 Å². The van der Waals surface area contributed by atoms with Gasteiger partial charge in [0.25, 0.3) is 5.91 Å². The predicted molar refractivity (Wildman–Crippen MR) is 132 cm³/mol. The van der Waals surface area contributed by atoms with Crippen LogP contribution in [0.25, 0.3) is 16.9 Å². The number of carbonyl (C=O) groups excluding carboxylic acids is 1. The number of benzene rings is 3. The zero-order chi connectivity index (χ0) is 25.2. The highest BCUT2D eigenvalue weighted by molar-refractivity contribution is 7.89. The number of hydrogen-bond acceptors (Lipinski definition) is 4. The third-order valence-electron chi connectivity index (χ3n) is 5.60. The SMILES string of the molecule is Cc1ccc(S(=O)(=O)N(C)C)cc1C(=O)NCc1cn(-c2ccccc2)nc1-c1ccc(F)cc1. The molecule has 3 aromatic carbocycles. The molecule has 0 unspecified atom stereocenters. The molecule has 0 radical (unpaired) electrons. The van der Waals surface area contributed by atoms with Crippen LogP contribution in [0, 0.1) is 12.7 Å². The van der Waals surface area contributed by atoms with Crippen LogP contribution < -0.4 is 5.32 Å². The molecule has 4 rings (SSSR count). The van der Waals surface area contributed by atoms with Crippen molar-refractivity contribution in [1.29, 1.82) is 0 Å². The first kappa shape index (κ1) is 24.3. The summed E-state index contributed by atoms with van der Waals surface area (Å²) in [6.07, 6.45) is 1.81. The van der Waals surface area contributed by atoms with Crippen molar-refractivity contribution < 1.29 is 17.6 Å². The second kappa shape index (κ2) is 9.81. The van der Waals surface area contributed by atoms with E-state index in [4.69, 9.17) is 0 Å². The lowest BCUT2D eigenvalue weighted by atomic mass is 10.1. The number of rotatable bonds is 7. The topological polar surface area (TPSA) is 84.3 Å². The van der Waals surface area contributed by atoms with Crippen molar-refractivity contribution in [3.05, 3.63) is 102 Å². The fourth-order valence-corrected chi connectivity index (χ4v) is 4.52. The van der Waals surface area contributed by atoms with Crippen LogP contribution in [0.15, 0.2) is 83.9 Å². The van der Waals surface area contributed by atoms with Crippen LogP contribution in [0.3, 0.4) is 0 Å². The van der Waals surface area contributed by atoms with E-state index in [9.17, 15) is 17.6 Å². The van der Waals surface area contributed by atoms with Gasteiger partial charge in [-0.1, -0.05) is 24.3 Å². The smallest absolute Gasteiger partial charge is 0.251 e. The highest BCUT2D eigenvalue weighted by Gasteiger charge is 2.21. The zero-order valence-corrected chi connectivity index (χ0v) is 20.4. The van der Waals surface area contributed by atoms with E-state index in [1.807, 2.05) is 36.5 Å². The molecular formula is C26H25FN4O3S. The molecule has 35 heavy (non-hydrogen) atoms. The van der Waals surface area contributed by atoms with Gasteiger partial charge < -0.3 is 5.32 Å². The van der Waals surface area contributed by atoms with Gasteiger partial charge >= 0.3 is 0 Å². The Morgan fingerprint density at radius 2 is 1.71 bits per heavy atom. The monoisotopic (exact) mass is 492 g/mol. The van der Waals surface area contributed by atoms with Gasteiger partial charge in [0.2, 0.25) is 10.0 Å². The van der Waals surface area contributed by atoms with E-state index in [0.717, 1.165) is 15.6 Å². The molecule has 180 valence electrons. The minimum absolute atomic E-state index is 0.0437. The fourth-order valence-electron chi connectivity index (χ4n) is 3.59. The first-order valence-electron chi connectivity index (χ1n) is 10.9. The predicted octanol–water partition coefficient (Wildman–Crippen LogP) is 4.17. The van der Waals surface area contributed by atoms with Gasteiger partial charge in [0.05, 0.1) is 16.3 Å². The lowest BCUT2D eigenvalue weighted by Crippen LogP contribution is -2.26. The Kier molecular flexibility index (Phi) is 6.81. The lowest BCUT2D eigenvalue weighted by molar-refractivity contribution is 0.0950. The molecule has 1 heterocycles. The number of aryl methyl sites for hydroxylation is 1. The van der Waals surface area contributed by atoms with Crippen molar-refractivity contribution in [2.45, 2.75) is 18.4 Å². The number of carbonyl (C=O) groups is 1. The standard InChI is InChI=1S/C26H25FN4O3S/c1-18-9-14-23(35(33,34)30(2)3)15-24(18)26(32)28-16-20-17-31(22-7-5-4-6-8-22)29-25(20)19-10-12-21(27)13-11-19/h4-15,17H,16H2,1-3H3,(H,28,32). The molecule has 1 N–H and O–H groups in total. The van der Waals surface area contributed by atoms with Crippen LogP contribution in [0.2, 0.25) is 0 Å². The number of halogens is 1. The van der Waals surface area contributed by atoms with Crippen molar-refractivity contribution in [2.24, 2.45) is 0 Å². The molecular weight excluding hydrogens is 467 g/mol. The van der Waals surface area contributed by atoms with Gasteiger partial charge in [0.15, 0.2) is 0 Å². The Balaban J connectivity index is 1.65. The number of nitrogens with one attached hydrogen (secondary N) is 1. The molecule has 7 nitrogen and oxygen atoms in total. The van der Waals surface area contributed by atoms with E-state index in [-0.39, 0.29) is 22.8 Å². The van der Waals surface area contributed by atoms with Crippen LogP contribution in [0.5, 0.6) is 0 Å². The average Bonchev–Trinajstić information content (AvgIpc) is 3.28. The molecule has 1 aromatic heterocycles. The zero-order valence-electron chi connectivity index (χ0n) is 19.6. The summed E-state index contributed by atoms with van der Waals surface area (Å²) < 4.78 is 41.3. The van der Waals surface area contributed by atoms with Crippen LogP contribution in [0.4, 0.5) is 4.39 Å². The van der Waals surface area contributed by atoms with E-state index in [2.05, 4.69) is 10.4 Å². The Morgan fingerprint density at radius 1 is 1.03 bits per heavy atom. The van der Waals surface area contributed by atoms with Gasteiger partial charge in [0.1, 0.15) is 5.82 Å². The lowest BCUT2D eigenvalue weighted by Gasteiger charge is -2.14. The Bertz CT molecular complexity index is 1460. The van der Waals surface area contributed by atoms with Gasteiger partial charge in [-0.3, -0.25) is 4.79 Å². The molecule has 0 saturated carbocycles. The molecule has 9 heteroatoms. The van der Waals surface area contributed by atoms with E-state index in [1.165, 1.54) is 38.4 Å². The van der Waals surface area contributed by atoms with E-state index < -0.39 is 15.9 Å². The number of nitrogens with zero attached hydrogens (tertiary/aromatic N) is 3. The number of sulfonamides is 1. The molecule has 0 bridgehead atoms. The van der Waals surface area contributed by atoms with Gasteiger partial charge in [0, 0.05) is 43.5 Å². The highest BCUT2D eigenvalue weighted by Crippen LogP contribution is 2.25. The second-order valence-corrected chi connectivity index (χ2v) is 10.4. The maximum atomic E-state index is 13.5. The van der Waals surface area contributed by atoms with Gasteiger partial charge in [-0.05, 0) is 61.0 Å². The summed E-state index contributed by atoms with van der Waals surface area (Å²) in [6, 6.07) is 20.0. The number of aromatic nitrogens is 2. The molecule has 1 amide bonds. The average molecular weight is 493 g/mol. The summed E-state index contributed by atoms with van der Waals surface area (Å²) in [5.41, 5.74) is 3.80. The quantitative estimate of drug-likeness (QED) is 0.420. The normalized spacial score (nSPS) is 11.6. The van der Waals surface area contributed by atoms with Crippen molar-refractivity contribution in [2.75, 3.05) is 14.1 Å². The van der Waals surface area contributed by atoms with Crippen molar-refractivity contribution in [3.63, 3.8) is 0 Å². The maximum absolute atomic E-state index is 13.5.